The largest absolute Gasteiger partial charge is 0.233 e. The van der Waals surface area contributed by atoms with E-state index in [0.717, 1.165) is 0 Å². The first-order chi connectivity index (χ1) is 6.34. The van der Waals surface area contributed by atoms with Gasteiger partial charge in [-0.1, -0.05) is 26.2 Å². The summed E-state index contributed by atoms with van der Waals surface area (Å²) in [6, 6.07) is 0. The van der Waals surface area contributed by atoms with Crippen molar-refractivity contribution in [2.24, 2.45) is 0 Å². The van der Waals surface area contributed by atoms with Gasteiger partial charge in [0.2, 0.25) is 0 Å². The molecule has 1 heterocycles. The third-order valence-corrected chi connectivity index (χ3v) is 3.68. The average molecular weight is 296 g/mol. The Morgan fingerprint density at radius 3 is 2.46 bits per heavy atom. The smallest absolute Gasteiger partial charge is 0.0369 e. The molecule has 1 rings (SSSR count). The number of hydrazine groups is 1. The predicted molar refractivity (Wildman–Crippen MR) is 65.7 cm³/mol. The number of rotatable bonds is 6. The fraction of sp³-hybridized carbons (Fsp3) is 1.00. The fourth-order valence-corrected chi connectivity index (χ4v) is 2.50. The topological polar surface area (TPSA) is 6.48 Å². The number of hydrogen-bond donors (Lipinski definition) is 0. The Morgan fingerprint density at radius 2 is 1.85 bits per heavy atom. The minimum Gasteiger partial charge on any atom is -0.233 e. The van der Waals surface area contributed by atoms with Gasteiger partial charge in [0.25, 0.3) is 0 Å². The highest BCUT2D eigenvalue weighted by atomic mass is 127. The van der Waals surface area contributed by atoms with Gasteiger partial charge < -0.3 is 0 Å². The molecule has 0 unspecified atom stereocenters. The van der Waals surface area contributed by atoms with Crippen LogP contribution in [-0.2, 0) is 0 Å². The van der Waals surface area contributed by atoms with Gasteiger partial charge in [-0.3, -0.25) is 0 Å². The first kappa shape index (κ1) is 11.7. The second-order valence-electron chi connectivity index (χ2n) is 3.78. The lowest BCUT2D eigenvalue weighted by Gasteiger charge is -2.24. The molecule has 0 atom stereocenters. The number of nitrogens with zero attached hydrogens (tertiary/aromatic N) is 2. The Labute approximate surface area is 96.1 Å². The van der Waals surface area contributed by atoms with Crippen molar-refractivity contribution in [1.29, 1.82) is 0 Å². The van der Waals surface area contributed by atoms with Gasteiger partial charge in [-0.2, -0.15) is 3.22 Å². The minimum atomic E-state index is 1.24. The van der Waals surface area contributed by atoms with Crippen LogP contribution in [0.1, 0.15) is 45.4 Å². The average Bonchev–Trinajstić information content (AvgIpc) is 2.65. The summed E-state index contributed by atoms with van der Waals surface area (Å²) in [6.45, 7) is 6.05. The molecule has 1 aliphatic rings. The standard InChI is InChI=1S/C10H21IN2/c1-2-3-4-5-10-13(11)12-8-6-7-9-12/h2-10H2,1H3. The van der Waals surface area contributed by atoms with Crippen LogP contribution in [0.3, 0.4) is 0 Å². The van der Waals surface area contributed by atoms with Crippen molar-refractivity contribution in [3.05, 3.63) is 0 Å². The molecular formula is C10H21IN2. The van der Waals surface area contributed by atoms with E-state index in [1.165, 1.54) is 58.2 Å². The van der Waals surface area contributed by atoms with Crippen LogP contribution in [0.5, 0.6) is 0 Å². The van der Waals surface area contributed by atoms with Gasteiger partial charge in [-0.25, -0.2) is 5.01 Å². The molecule has 0 bridgehead atoms. The normalized spacial score (nSPS) is 18.7. The second kappa shape index (κ2) is 7.01. The molecule has 0 aromatic rings. The summed E-state index contributed by atoms with van der Waals surface area (Å²) >= 11 is 2.45. The minimum absolute atomic E-state index is 1.24. The summed E-state index contributed by atoms with van der Waals surface area (Å²) in [5.74, 6) is 0. The second-order valence-corrected chi connectivity index (χ2v) is 4.90. The summed E-state index contributed by atoms with van der Waals surface area (Å²) in [7, 11) is 0. The quantitative estimate of drug-likeness (QED) is 0.422. The van der Waals surface area contributed by atoms with Gasteiger partial charge in [0.15, 0.2) is 0 Å². The Kier molecular flexibility index (Phi) is 6.32. The summed E-state index contributed by atoms with van der Waals surface area (Å²) in [5.41, 5.74) is 0. The lowest BCUT2D eigenvalue weighted by atomic mass is 10.2. The van der Waals surface area contributed by atoms with Crippen molar-refractivity contribution in [3.63, 3.8) is 0 Å². The van der Waals surface area contributed by atoms with Crippen molar-refractivity contribution in [1.82, 2.24) is 8.23 Å². The van der Waals surface area contributed by atoms with Crippen LogP contribution in [0.15, 0.2) is 0 Å². The van der Waals surface area contributed by atoms with Gasteiger partial charge in [0, 0.05) is 42.5 Å². The Morgan fingerprint density at radius 1 is 1.15 bits per heavy atom. The van der Waals surface area contributed by atoms with E-state index in [2.05, 4.69) is 38.0 Å². The van der Waals surface area contributed by atoms with Crippen LogP contribution >= 0.6 is 22.9 Å². The van der Waals surface area contributed by atoms with E-state index >= 15 is 0 Å². The molecule has 1 aliphatic heterocycles. The number of hydrogen-bond acceptors (Lipinski definition) is 2. The monoisotopic (exact) mass is 296 g/mol. The lowest BCUT2D eigenvalue weighted by molar-refractivity contribution is 0.124. The zero-order valence-electron chi connectivity index (χ0n) is 8.64. The molecule has 13 heavy (non-hydrogen) atoms. The van der Waals surface area contributed by atoms with E-state index in [9.17, 15) is 0 Å². The van der Waals surface area contributed by atoms with Crippen molar-refractivity contribution in [3.8, 4) is 0 Å². The maximum Gasteiger partial charge on any atom is 0.0369 e. The zero-order valence-corrected chi connectivity index (χ0v) is 10.8. The third kappa shape index (κ3) is 4.61. The third-order valence-electron chi connectivity index (χ3n) is 2.59. The summed E-state index contributed by atoms with van der Waals surface area (Å²) in [5, 5.41) is 2.48. The first-order valence-corrected chi connectivity index (χ1v) is 6.49. The van der Waals surface area contributed by atoms with Crippen LogP contribution in [0, 0.1) is 0 Å². The number of unbranched alkanes of at least 4 members (excludes halogenated alkanes) is 3. The molecule has 0 aliphatic carbocycles. The van der Waals surface area contributed by atoms with Crippen molar-refractivity contribution in [2.45, 2.75) is 45.4 Å². The molecule has 0 radical (unpaired) electrons. The molecule has 0 N–H and O–H groups in total. The Bertz CT molecular complexity index is 124. The van der Waals surface area contributed by atoms with Crippen LogP contribution < -0.4 is 0 Å². The van der Waals surface area contributed by atoms with E-state index in [4.69, 9.17) is 0 Å². The van der Waals surface area contributed by atoms with Crippen molar-refractivity contribution >= 4 is 22.9 Å². The molecule has 0 saturated carbocycles. The molecule has 1 saturated heterocycles. The molecular weight excluding hydrogens is 275 g/mol. The first-order valence-electron chi connectivity index (χ1n) is 5.52. The van der Waals surface area contributed by atoms with Crippen LogP contribution in [-0.4, -0.2) is 27.9 Å². The van der Waals surface area contributed by atoms with Gasteiger partial charge in [-0.15, -0.1) is 0 Å². The SMILES string of the molecule is CCCCCCN(I)N1CCCC1. The molecule has 1 fully saturated rings. The van der Waals surface area contributed by atoms with E-state index < -0.39 is 0 Å². The van der Waals surface area contributed by atoms with Gasteiger partial charge in [0.1, 0.15) is 0 Å². The fourth-order valence-electron chi connectivity index (χ4n) is 1.73. The van der Waals surface area contributed by atoms with E-state index in [-0.39, 0.29) is 0 Å². The molecule has 0 spiro atoms. The van der Waals surface area contributed by atoms with Crippen LogP contribution in [0.25, 0.3) is 0 Å². The van der Waals surface area contributed by atoms with Crippen molar-refractivity contribution in [2.75, 3.05) is 19.6 Å². The van der Waals surface area contributed by atoms with E-state index in [0.29, 0.717) is 0 Å². The Hall–Kier alpha value is 0.650. The van der Waals surface area contributed by atoms with Gasteiger partial charge in [-0.05, 0) is 19.3 Å². The molecule has 0 amide bonds. The Balaban J connectivity index is 1.99. The summed E-state index contributed by atoms with van der Waals surface area (Å²) in [6.07, 6.45) is 8.25. The predicted octanol–water partition coefficient (Wildman–Crippen LogP) is 3.23. The molecule has 3 heteroatoms. The maximum absolute atomic E-state index is 2.48. The van der Waals surface area contributed by atoms with Gasteiger partial charge in [0.05, 0.1) is 0 Å². The van der Waals surface area contributed by atoms with Crippen molar-refractivity contribution < 1.29 is 0 Å². The lowest BCUT2D eigenvalue weighted by Crippen LogP contribution is -2.33. The van der Waals surface area contributed by atoms with E-state index in [1.54, 1.807) is 0 Å². The van der Waals surface area contributed by atoms with Crippen LogP contribution in [0.2, 0.25) is 0 Å². The van der Waals surface area contributed by atoms with E-state index in [1.807, 2.05) is 0 Å². The maximum atomic E-state index is 2.48. The van der Waals surface area contributed by atoms with Gasteiger partial charge >= 0.3 is 0 Å². The molecule has 78 valence electrons. The summed E-state index contributed by atoms with van der Waals surface area (Å²) in [4.78, 5) is 0. The molecule has 2 nitrogen and oxygen atoms in total. The highest BCUT2D eigenvalue weighted by Gasteiger charge is 2.16. The zero-order chi connectivity index (χ0) is 9.52. The highest BCUT2D eigenvalue weighted by molar-refractivity contribution is 14.1. The molecule has 0 aromatic carbocycles. The molecule has 0 aromatic heterocycles. The number of halogens is 1. The summed E-state index contributed by atoms with van der Waals surface area (Å²) < 4.78 is 2.39. The highest BCUT2D eigenvalue weighted by Crippen LogP contribution is 2.15. The van der Waals surface area contributed by atoms with Crippen LogP contribution in [0.4, 0.5) is 0 Å².